The second-order valence-corrected chi connectivity index (χ2v) is 5.18. The Kier molecular flexibility index (Phi) is 3.98. The Morgan fingerprint density at radius 1 is 1.41 bits per heavy atom. The summed E-state index contributed by atoms with van der Waals surface area (Å²) in [5.41, 5.74) is 1.88. The van der Waals surface area contributed by atoms with E-state index in [4.69, 9.17) is 11.6 Å². The summed E-state index contributed by atoms with van der Waals surface area (Å²) in [5, 5.41) is 0.514. The third-order valence-electron chi connectivity index (χ3n) is 2.41. The van der Waals surface area contributed by atoms with Gasteiger partial charge in [0.2, 0.25) is 0 Å². The van der Waals surface area contributed by atoms with Crippen LogP contribution in [0.25, 0.3) is 11.5 Å². The Morgan fingerprint density at radius 3 is 2.76 bits per heavy atom. The SMILES string of the molecule is CCCc1nc(-c2cncn2C)nc(Cl)c1I. The zero-order valence-corrected chi connectivity index (χ0v) is 12.5. The molecule has 0 fully saturated rings. The number of aromatic nitrogens is 4. The van der Waals surface area contributed by atoms with Crippen LogP contribution >= 0.6 is 34.2 Å². The van der Waals surface area contributed by atoms with Crippen molar-refractivity contribution in [3.05, 3.63) is 26.9 Å². The average Bonchev–Trinajstić information content (AvgIpc) is 2.71. The third-order valence-corrected chi connectivity index (χ3v) is 4.14. The highest BCUT2D eigenvalue weighted by molar-refractivity contribution is 14.1. The number of imidazole rings is 1. The van der Waals surface area contributed by atoms with Crippen LogP contribution < -0.4 is 0 Å². The van der Waals surface area contributed by atoms with Gasteiger partial charge in [-0.15, -0.1) is 0 Å². The zero-order chi connectivity index (χ0) is 12.4. The predicted octanol–water partition coefficient (Wildman–Crippen LogP) is 3.09. The van der Waals surface area contributed by atoms with Gasteiger partial charge in [0.05, 0.1) is 21.8 Å². The van der Waals surface area contributed by atoms with Crippen LogP contribution in [-0.2, 0) is 13.5 Å². The Hall–Kier alpha value is -0.690. The maximum atomic E-state index is 6.14. The summed E-state index contributed by atoms with van der Waals surface area (Å²) in [6.07, 6.45) is 5.41. The molecule has 2 aromatic rings. The molecule has 2 aromatic heterocycles. The monoisotopic (exact) mass is 362 g/mol. The maximum absolute atomic E-state index is 6.14. The smallest absolute Gasteiger partial charge is 0.179 e. The van der Waals surface area contributed by atoms with Gasteiger partial charge in [-0.3, -0.25) is 0 Å². The van der Waals surface area contributed by atoms with E-state index in [0.29, 0.717) is 11.0 Å². The van der Waals surface area contributed by atoms with Gasteiger partial charge in [-0.05, 0) is 29.0 Å². The molecule has 0 spiro atoms. The van der Waals surface area contributed by atoms with Crippen LogP contribution in [0.2, 0.25) is 5.15 Å². The van der Waals surface area contributed by atoms with Gasteiger partial charge in [-0.25, -0.2) is 15.0 Å². The average molecular weight is 363 g/mol. The highest BCUT2D eigenvalue weighted by Gasteiger charge is 2.13. The Morgan fingerprint density at radius 2 is 2.18 bits per heavy atom. The molecule has 0 saturated heterocycles. The minimum absolute atomic E-state index is 0.514. The minimum Gasteiger partial charge on any atom is -0.331 e. The lowest BCUT2D eigenvalue weighted by Gasteiger charge is -2.07. The molecule has 6 heteroatoms. The lowest BCUT2D eigenvalue weighted by atomic mass is 10.2. The molecule has 0 saturated carbocycles. The highest BCUT2D eigenvalue weighted by Crippen LogP contribution is 2.24. The van der Waals surface area contributed by atoms with Crippen molar-refractivity contribution < 1.29 is 0 Å². The van der Waals surface area contributed by atoms with E-state index in [1.165, 1.54) is 0 Å². The Balaban J connectivity index is 2.53. The van der Waals surface area contributed by atoms with Gasteiger partial charge < -0.3 is 4.57 Å². The maximum Gasteiger partial charge on any atom is 0.179 e. The number of hydrogen-bond acceptors (Lipinski definition) is 3. The lowest BCUT2D eigenvalue weighted by Crippen LogP contribution is -2.02. The number of hydrogen-bond donors (Lipinski definition) is 0. The van der Waals surface area contributed by atoms with Gasteiger partial charge in [0.1, 0.15) is 10.8 Å². The van der Waals surface area contributed by atoms with E-state index in [1.807, 2.05) is 11.6 Å². The van der Waals surface area contributed by atoms with Crippen molar-refractivity contribution in [1.29, 1.82) is 0 Å². The van der Waals surface area contributed by atoms with Gasteiger partial charge in [-0.2, -0.15) is 0 Å². The van der Waals surface area contributed by atoms with E-state index in [-0.39, 0.29) is 0 Å². The number of halogens is 2. The molecule has 2 heterocycles. The molecule has 2 rings (SSSR count). The fourth-order valence-electron chi connectivity index (χ4n) is 1.55. The summed E-state index contributed by atoms with van der Waals surface area (Å²) in [6, 6.07) is 0. The normalized spacial score (nSPS) is 10.8. The highest BCUT2D eigenvalue weighted by atomic mass is 127. The molecule has 17 heavy (non-hydrogen) atoms. The van der Waals surface area contributed by atoms with Crippen LogP contribution in [0.15, 0.2) is 12.5 Å². The molecule has 4 nitrogen and oxygen atoms in total. The van der Waals surface area contributed by atoms with Crippen molar-refractivity contribution in [3.8, 4) is 11.5 Å². The van der Waals surface area contributed by atoms with E-state index in [9.17, 15) is 0 Å². The van der Waals surface area contributed by atoms with Crippen molar-refractivity contribution in [2.45, 2.75) is 19.8 Å². The number of aryl methyl sites for hydroxylation is 2. The Labute approximate surface area is 119 Å². The van der Waals surface area contributed by atoms with Crippen molar-refractivity contribution in [1.82, 2.24) is 19.5 Å². The summed E-state index contributed by atoms with van der Waals surface area (Å²) >= 11 is 8.33. The number of rotatable bonds is 3. The van der Waals surface area contributed by atoms with Crippen molar-refractivity contribution in [2.75, 3.05) is 0 Å². The fourth-order valence-corrected chi connectivity index (χ4v) is 2.25. The van der Waals surface area contributed by atoms with Crippen molar-refractivity contribution in [2.24, 2.45) is 7.05 Å². The van der Waals surface area contributed by atoms with Crippen LogP contribution in [0.5, 0.6) is 0 Å². The molecule has 0 unspecified atom stereocenters. The zero-order valence-electron chi connectivity index (χ0n) is 9.61. The van der Waals surface area contributed by atoms with Gasteiger partial charge in [0.25, 0.3) is 0 Å². The van der Waals surface area contributed by atoms with Crippen LogP contribution in [-0.4, -0.2) is 19.5 Å². The minimum atomic E-state index is 0.514. The van der Waals surface area contributed by atoms with Gasteiger partial charge in [0.15, 0.2) is 5.82 Å². The van der Waals surface area contributed by atoms with Crippen molar-refractivity contribution >= 4 is 34.2 Å². The second kappa shape index (κ2) is 5.30. The van der Waals surface area contributed by atoms with E-state index in [2.05, 4.69) is 44.5 Å². The largest absolute Gasteiger partial charge is 0.331 e. The fraction of sp³-hybridized carbons (Fsp3) is 0.364. The van der Waals surface area contributed by atoms with Crippen LogP contribution in [0.1, 0.15) is 19.0 Å². The first-order valence-electron chi connectivity index (χ1n) is 5.32. The summed E-state index contributed by atoms with van der Waals surface area (Å²) in [7, 11) is 1.91. The van der Waals surface area contributed by atoms with E-state index >= 15 is 0 Å². The molecule has 0 atom stereocenters. The molecule has 90 valence electrons. The van der Waals surface area contributed by atoms with E-state index in [0.717, 1.165) is 27.8 Å². The molecule has 0 bridgehead atoms. The van der Waals surface area contributed by atoms with E-state index < -0.39 is 0 Å². The first-order valence-corrected chi connectivity index (χ1v) is 6.77. The standard InChI is InChI=1S/C11H12ClIN4/c1-3-4-7-9(13)10(12)16-11(15-7)8-5-14-6-17(8)2/h5-6H,3-4H2,1-2H3. The van der Waals surface area contributed by atoms with Gasteiger partial charge in [0, 0.05) is 7.05 Å². The predicted molar refractivity (Wildman–Crippen MR) is 76.0 cm³/mol. The van der Waals surface area contributed by atoms with Crippen LogP contribution in [0.3, 0.4) is 0 Å². The summed E-state index contributed by atoms with van der Waals surface area (Å²) in [5.74, 6) is 0.638. The molecule has 0 aliphatic rings. The molecule has 0 radical (unpaired) electrons. The molecule has 0 aliphatic carbocycles. The molecule has 0 aliphatic heterocycles. The molecular weight excluding hydrogens is 351 g/mol. The lowest BCUT2D eigenvalue weighted by molar-refractivity contribution is 0.855. The summed E-state index contributed by atoms with van der Waals surface area (Å²) in [4.78, 5) is 12.9. The second-order valence-electron chi connectivity index (χ2n) is 3.74. The van der Waals surface area contributed by atoms with E-state index in [1.54, 1.807) is 12.5 Å². The topological polar surface area (TPSA) is 43.6 Å². The first-order chi connectivity index (χ1) is 8.13. The first kappa shape index (κ1) is 12.8. The van der Waals surface area contributed by atoms with Crippen LogP contribution in [0.4, 0.5) is 0 Å². The molecular formula is C11H12ClIN4. The molecule has 0 N–H and O–H groups in total. The van der Waals surface area contributed by atoms with Crippen LogP contribution in [0, 0.1) is 3.57 Å². The van der Waals surface area contributed by atoms with Crippen molar-refractivity contribution in [3.63, 3.8) is 0 Å². The Bertz CT molecular complexity index is 538. The summed E-state index contributed by atoms with van der Waals surface area (Å²) in [6.45, 7) is 2.12. The van der Waals surface area contributed by atoms with Gasteiger partial charge in [-0.1, -0.05) is 24.9 Å². The summed E-state index contributed by atoms with van der Waals surface area (Å²) < 4.78 is 2.82. The van der Waals surface area contributed by atoms with Gasteiger partial charge >= 0.3 is 0 Å². The molecule has 0 amide bonds. The molecule has 0 aromatic carbocycles. The quantitative estimate of drug-likeness (QED) is 0.622. The number of nitrogens with zero attached hydrogens (tertiary/aromatic N) is 4. The third kappa shape index (κ3) is 2.60.